The molecule has 0 fully saturated rings. The molecule has 100 valence electrons. The van der Waals surface area contributed by atoms with Crippen molar-refractivity contribution >= 4 is 12.2 Å². The van der Waals surface area contributed by atoms with Crippen molar-refractivity contribution in [3.8, 4) is 11.4 Å². The van der Waals surface area contributed by atoms with Gasteiger partial charge in [-0.3, -0.25) is 24.6 Å². The molecule has 0 atom stereocenters. The van der Waals surface area contributed by atoms with Gasteiger partial charge in [-0.2, -0.15) is 5.10 Å². The molecular formula is C13H12N6S. The van der Waals surface area contributed by atoms with E-state index in [1.165, 1.54) is 0 Å². The van der Waals surface area contributed by atoms with Crippen LogP contribution in [0.2, 0.25) is 0 Å². The number of nitrogens with one attached hydrogen (secondary N) is 1. The van der Waals surface area contributed by atoms with Crippen molar-refractivity contribution in [1.29, 1.82) is 0 Å². The molecule has 0 amide bonds. The van der Waals surface area contributed by atoms with Gasteiger partial charge in [0.1, 0.15) is 0 Å². The molecule has 0 saturated carbocycles. The van der Waals surface area contributed by atoms with Gasteiger partial charge in [0.15, 0.2) is 10.6 Å². The zero-order chi connectivity index (χ0) is 13.9. The molecule has 0 bridgehead atoms. The Morgan fingerprint density at radius 2 is 2.15 bits per heavy atom. The van der Waals surface area contributed by atoms with Crippen LogP contribution in [0.4, 0.5) is 0 Å². The first-order valence-corrected chi connectivity index (χ1v) is 6.48. The Kier molecular flexibility index (Phi) is 3.34. The second kappa shape index (κ2) is 5.30. The second-order valence-corrected chi connectivity index (χ2v) is 4.72. The maximum absolute atomic E-state index is 5.27. The second-order valence-electron chi connectivity index (χ2n) is 4.33. The normalized spacial score (nSPS) is 10.7. The number of hydrogen-bond acceptors (Lipinski definition) is 5. The van der Waals surface area contributed by atoms with Crippen molar-refractivity contribution in [2.75, 3.05) is 0 Å². The molecule has 7 heteroatoms. The Morgan fingerprint density at radius 1 is 1.25 bits per heavy atom. The summed E-state index contributed by atoms with van der Waals surface area (Å²) >= 11 is 5.27. The molecule has 0 radical (unpaired) electrons. The van der Waals surface area contributed by atoms with Gasteiger partial charge < -0.3 is 0 Å². The lowest BCUT2D eigenvalue weighted by atomic mass is 10.2. The summed E-state index contributed by atoms with van der Waals surface area (Å²) in [5.74, 6) is 0.741. The molecule has 3 aromatic heterocycles. The highest BCUT2D eigenvalue weighted by Gasteiger charge is 2.10. The average Bonchev–Trinajstić information content (AvgIpc) is 2.84. The summed E-state index contributed by atoms with van der Waals surface area (Å²) in [5, 5.41) is 7.06. The number of nitrogens with zero attached hydrogens (tertiary/aromatic N) is 5. The van der Waals surface area contributed by atoms with Gasteiger partial charge in [-0.25, -0.2) is 0 Å². The van der Waals surface area contributed by atoms with Crippen molar-refractivity contribution in [1.82, 2.24) is 29.7 Å². The molecule has 0 aliphatic rings. The van der Waals surface area contributed by atoms with Gasteiger partial charge in [0, 0.05) is 24.2 Å². The molecule has 0 aliphatic heterocycles. The number of aromatic amines is 1. The summed E-state index contributed by atoms with van der Waals surface area (Å²) in [6, 6.07) is 3.80. The first-order chi connectivity index (χ1) is 9.74. The Bertz CT molecular complexity index is 760. The van der Waals surface area contributed by atoms with Gasteiger partial charge in [-0.05, 0) is 31.3 Å². The van der Waals surface area contributed by atoms with Gasteiger partial charge >= 0.3 is 0 Å². The first-order valence-electron chi connectivity index (χ1n) is 6.07. The lowest BCUT2D eigenvalue weighted by Gasteiger charge is -2.06. The zero-order valence-corrected chi connectivity index (χ0v) is 11.6. The summed E-state index contributed by atoms with van der Waals surface area (Å²) in [7, 11) is 0. The number of pyridine rings is 1. The standard InChI is InChI=1S/C13H12N6S/c1-9-5-16-11(7-15-9)8-19-12(17-18-13(19)20)10-3-2-4-14-6-10/h2-7H,8H2,1H3,(H,18,20). The maximum atomic E-state index is 5.27. The molecule has 3 aromatic rings. The van der Waals surface area contributed by atoms with Crippen LogP contribution in [0.5, 0.6) is 0 Å². The molecular weight excluding hydrogens is 272 g/mol. The van der Waals surface area contributed by atoms with E-state index < -0.39 is 0 Å². The largest absolute Gasteiger partial charge is 0.294 e. The smallest absolute Gasteiger partial charge is 0.195 e. The fraction of sp³-hybridized carbons (Fsp3) is 0.154. The van der Waals surface area contributed by atoms with E-state index in [1.54, 1.807) is 24.8 Å². The summed E-state index contributed by atoms with van der Waals surface area (Å²) < 4.78 is 2.43. The number of hydrogen-bond donors (Lipinski definition) is 1. The molecule has 3 heterocycles. The van der Waals surface area contributed by atoms with E-state index in [9.17, 15) is 0 Å². The highest BCUT2D eigenvalue weighted by Crippen LogP contribution is 2.16. The SMILES string of the molecule is Cc1cnc(Cn2c(-c3cccnc3)n[nH]c2=S)cn1. The van der Waals surface area contributed by atoms with E-state index in [-0.39, 0.29) is 0 Å². The molecule has 0 saturated heterocycles. The van der Waals surface area contributed by atoms with E-state index in [4.69, 9.17) is 12.2 Å². The number of aromatic nitrogens is 6. The molecule has 0 unspecified atom stereocenters. The van der Waals surface area contributed by atoms with E-state index >= 15 is 0 Å². The minimum atomic E-state index is 0.521. The van der Waals surface area contributed by atoms with E-state index in [0.29, 0.717) is 11.3 Å². The summed E-state index contributed by atoms with van der Waals surface area (Å²) in [6.45, 7) is 2.42. The van der Waals surface area contributed by atoms with Gasteiger partial charge in [0.2, 0.25) is 0 Å². The Balaban J connectivity index is 2.00. The minimum absolute atomic E-state index is 0.521. The summed E-state index contributed by atoms with van der Waals surface area (Å²) in [5.41, 5.74) is 2.62. The predicted octanol–water partition coefficient (Wildman–Crippen LogP) is 2.15. The van der Waals surface area contributed by atoms with Crippen LogP contribution in [-0.2, 0) is 6.54 Å². The van der Waals surface area contributed by atoms with E-state index in [1.807, 2.05) is 23.6 Å². The molecule has 1 N–H and O–H groups in total. The van der Waals surface area contributed by atoms with Crippen LogP contribution in [0, 0.1) is 11.7 Å². The van der Waals surface area contributed by atoms with Gasteiger partial charge in [0.25, 0.3) is 0 Å². The summed E-state index contributed by atoms with van der Waals surface area (Å²) in [6.07, 6.45) is 6.96. The van der Waals surface area contributed by atoms with Crippen LogP contribution in [0.3, 0.4) is 0 Å². The summed E-state index contributed by atoms with van der Waals surface area (Å²) in [4.78, 5) is 12.7. The van der Waals surface area contributed by atoms with E-state index in [0.717, 1.165) is 22.8 Å². The fourth-order valence-corrected chi connectivity index (χ4v) is 2.04. The Morgan fingerprint density at radius 3 is 2.85 bits per heavy atom. The highest BCUT2D eigenvalue weighted by atomic mass is 32.1. The van der Waals surface area contributed by atoms with Crippen molar-refractivity contribution in [3.63, 3.8) is 0 Å². The molecule has 0 spiro atoms. The number of H-pyrrole nitrogens is 1. The number of rotatable bonds is 3. The monoisotopic (exact) mass is 284 g/mol. The average molecular weight is 284 g/mol. The molecule has 6 nitrogen and oxygen atoms in total. The lowest BCUT2D eigenvalue weighted by Crippen LogP contribution is -2.05. The minimum Gasteiger partial charge on any atom is -0.294 e. The molecule has 0 aromatic carbocycles. The first kappa shape index (κ1) is 12.6. The van der Waals surface area contributed by atoms with Crippen LogP contribution >= 0.6 is 12.2 Å². The van der Waals surface area contributed by atoms with Crippen LogP contribution < -0.4 is 0 Å². The lowest BCUT2D eigenvalue weighted by molar-refractivity contribution is 0.759. The molecule has 0 aliphatic carbocycles. The zero-order valence-electron chi connectivity index (χ0n) is 10.8. The van der Waals surface area contributed by atoms with Crippen molar-refractivity contribution in [3.05, 3.63) is 53.1 Å². The van der Waals surface area contributed by atoms with Gasteiger partial charge in [-0.15, -0.1) is 0 Å². The maximum Gasteiger partial charge on any atom is 0.195 e. The van der Waals surface area contributed by atoms with Crippen molar-refractivity contribution in [2.24, 2.45) is 0 Å². The Labute approximate surface area is 120 Å². The Hall–Kier alpha value is -2.41. The van der Waals surface area contributed by atoms with Crippen LogP contribution in [-0.4, -0.2) is 29.7 Å². The highest BCUT2D eigenvalue weighted by molar-refractivity contribution is 7.71. The van der Waals surface area contributed by atoms with E-state index in [2.05, 4.69) is 25.1 Å². The quantitative estimate of drug-likeness (QED) is 0.746. The number of aryl methyl sites for hydroxylation is 1. The van der Waals surface area contributed by atoms with Crippen LogP contribution in [0.15, 0.2) is 36.9 Å². The van der Waals surface area contributed by atoms with Crippen LogP contribution in [0.1, 0.15) is 11.4 Å². The molecule has 20 heavy (non-hydrogen) atoms. The topological polar surface area (TPSA) is 72.3 Å². The van der Waals surface area contributed by atoms with Gasteiger partial charge in [-0.1, -0.05) is 0 Å². The van der Waals surface area contributed by atoms with Crippen LogP contribution in [0.25, 0.3) is 11.4 Å². The third kappa shape index (κ3) is 2.48. The predicted molar refractivity (Wildman–Crippen MR) is 76.5 cm³/mol. The van der Waals surface area contributed by atoms with Gasteiger partial charge in [0.05, 0.1) is 24.1 Å². The fourth-order valence-electron chi connectivity index (χ4n) is 1.84. The molecule has 3 rings (SSSR count). The third-order valence-electron chi connectivity index (χ3n) is 2.83. The van der Waals surface area contributed by atoms with Crippen molar-refractivity contribution < 1.29 is 0 Å². The third-order valence-corrected chi connectivity index (χ3v) is 3.14. The van der Waals surface area contributed by atoms with Crippen molar-refractivity contribution in [2.45, 2.75) is 13.5 Å².